The molecule has 0 aromatic heterocycles. The van der Waals surface area contributed by atoms with Gasteiger partial charge in [-0.3, -0.25) is 0 Å². The van der Waals surface area contributed by atoms with Crippen LogP contribution in [-0.4, -0.2) is 6.04 Å². The van der Waals surface area contributed by atoms with E-state index in [4.69, 9.17) is 5.73 Å². The molecule has 0 spiro atoms. The van der Waals surface area contributed by atoms with Gasteiger partial charge in [-0.05, 0) is 42.9 Å². The first-order valence-corrected chi connectivity index (χ1v) is 6.37. The zero-order valence-corrected chi connectivity index (χ0v) is 11.1. The van der Waals surface area contributed by atoms with Crippen LogP contribution in [0.1, 0.15) is 32.3 Å². The summed E-state index contributed by atoms with van der Waals surface area (Å²) in [7, 11) is 0. The van der Waals surface area contributed by atoms with Crippen molar-refractivity contribution in [1.29, 1.82) is 0 Å². The highest BCUT2D eigenvalue weighted by Crippen LogP contribution is 2.13. The minimum Gasteiger partial charge on any atom is -0.327 e. The van der Waals surface area contributed by atoms with Crippen LogP contribution >= 0.6 is 15.9 Å². The summed E-state index contributed by atoms with van der Waals surface area (Å²) in [5, 5.41) is 0. The highest BCUT2D eigenvalue weighted by molar-refractivity contribution is 9.10. The van der Waals surface area contributed by atoms with E-state index in [-0.39, 0.29) is 0 Å². The van der Waals surface area contributed by atoms with E-state index in [1.54, 1.807) is 0 Å². The van der Waals surface area contributed by atoms with Crippen LogP contribution < -0.4 is 5.73 Å². The Balaban J connectivity index is 2.37. The van der Waals surface area contributed by atoms with Crippen molar-refractivity contribution in [2.45, 2.75) is 39.2 Å². The lowest BCUT2D eigenvalue weighted by Crippen LogP contribution is -2.23. The van der Waals surface area contributed by atoms with Gasteiger partial charge in [-0.15, -0.1) is 0 Å². The van der Waals surface area contributed by atoms with Crippen LogP contribution in [0.3, 0.4) is 0 Å². The lowest BCUT2D eigenvalue weighted by atomic mass is 9.99. The van der Waals surface area contributed by atoms with Crippen molar-refractivity contribution < 1.29 is 0 Å². The molecule has 0 amide bonds. The van der Waals surface area contributed by atoms with E-state index in [1.807, 2.05) is 0 Å². The van der Waals surface area contributed by atoms with Crippen LogP contribution in [0.4, 0.5) is 0 Å². The maximum atomic E-state index is 6.08. The summed E-state index contributed by atoms with van der Waals surface area (Å²) in [6.45, 7) is 4.48. The molecule has 0 aliphatic rings. The SMILES string of the molecule is CC(C)CCC(N)Cc1ccc(Br)cc1. The number of nitrogens with two attached hydrogens (primary N) is 1. The fourth-order valence-corrected chi connectivity index (χ4v) is 1.84. The van der Waals surface area contributed by atoms with Crippen LogP contribution in [0.5, 0.6) is 0 Å². The maximum absolute atomic E-state index is 6.08. The number of rotatable bonds is 5. The molecular weight excluding hydrogens is 250 g/mol. The monoisotopic (exact) mass is 269 g/mol. The van der Waals surface area contributed by atoms with Crippen LogP contribution in [0.15, 0.2) is 28.7 Å². The summed E-state index contributed by atoms with van der Waals surface area (Å²) in [5.41, 5.74) is 7.41. The molecule has 0 saturated carbocycles. The molecule has 1 nitrogen and oxygen atoms in total. The van der Waals surface area contributed by atoms with Gasteiger partial charge in [0.05, 0.1) is 0 Å². The van der Waals surface area contributed by atoms with Gasteiger partial charge in [0.1, 0.15) is 0 Å². The van der Waals surface area contributed by atoms with Gasteiger partial charge in [0, 0.05) is 10.5 Å². The third-order valence-corrected chi connectivity index (χ3v) is 3.05. The van der Waals surface area contributed by atoms with Gasteiger partial charge in [0.25, 0.3) is 0 Å². The summed E-state index contributed by atoms with van der Waals surface area (Å²) in [6, 6.07) is 8.72. The molecule has 1 unspecified atom stereocenters. The second kappa shape index (κ2) is 6.29. The molecule has 0 aliphatic carbocycles. The minimum absolute atomic E-state index is 0.300. The molecule has 0 saturated heterocycles. The first-order valence-electron chi connectivity index (χ1n) is 5.58. The highest BCUT2D eigenvalue weighted by Gasteiger charge is 2.05. The minimum atomic E-state index is 0.300. The molecule has 1 aromatic rings. The summed E-state index contributed by atoms with van der Waals surface area (Å²) in [4.78, 5) is 0. The topological polar surface area (TPSA) is 26.0 Å². The van der Waals surface area contributed by atoms with Crippen molar-refractivity contribution in [3.8, 4) is 0 Å². The Labute approximate surface area is 101 Å². The number of benzene rings is 1. The lowest BCUT2D eigenvalue weighted by molar-refractivity contribution is 0.495. The van der Waals surface area contributed by atoms with Gasteiger partial charge < -0.3 is 5.73 Å². The van der Waals surface area contributed by atoms with Crippen molar-refractivity contribution in [3.63, 3.8) is 0 Å². The number of hydrogen-bond donors (Lipinski definition) is 1. The first kappa shape index (κ1) is 12.7. The Bertz CT molecular complexity index is 279. The van der Waals surface area contributed by atoms with Gasteiger partial charge in [0.2, 0.25) is 0 Å². The highest BCUT2D eigenvalue weighted by atomic mass is 79.9. The molecule has 0 fully saturated rings. The molecule has 0 aliphatic heterocycles. The average molecular weight is 270 g/mol. The number of halogens is 1. The standard InChI is InChI=1S/C13H20BrN/c1-10(2)3-8-13(15)9-11-4-6-12(14)7-5-11/h4-7,10,13H,3,8-9,15H2,1-2H3. The first-order chi connectivity index (χ1) is 7.08. The Morgan fingerprint density at radius 3 is 2.27 bits per heavy atom. The number of hydrogen-bond acceptors (Lipinski definition) is 1. The van der Waals surface area contributed by atoms with Crippen LogP contribution in [0.25, 0.3) is 0 Å². The molecule has 2 heteroatoms. The molecule has 0 radical (unpaired) electrons. The van der Waals surface area contributed by atoms with E-state index >= 15 is 0 Å². The maximum Gasteiger partial charge on any atom is 0.0175 e. The van der Waals surface area contributed by atoms with Gasteiger partial charge in [-0.2, -0.15) is 0 Å². The summed E-state index contributed by atoms with van der Waals surface area (Å²) < 4.78 is 1.13. The van der Waals surface area contributed by atoms with Crippen molar-refractivity contribution in [1.82, 2.24) is 0 Å². The van der Waals surface area contributed by atoms with Crippen molar-refractivity contribution in [3.05, 3.63) is 34.3 Å². The van der Waals surface area contributed by atoms with E-state index in [0.29, 0.717) is 6.04 Å². The Kier molecular flexibility index (Phi) is 5.34. The molecule has 15 heavy (non-hydrogen) atoms. The fraction of sp³-hybridized carbons (Fsp3) is 0.538. The van der Waals surface area contributed by atoms with Gasteiger partial charge >= 0.3 is 0 Å². The lowest BCUT2D eigenvalue weighted by Gasteiger charge is -2.13. The van der Waals surface area contributed by atoms with Crippen molar-refractivity contribution >= 4 is 15.9 Å². The Hall–Kier alpha value is -0.340. The molecule has 1 atom stereocenters. The van der Waals surface area contributed by atoms with Crippen LogP contribution in [0, 0.1) is 5.92 Å². The summed E-state index contributed by atoms with van der Waals surface area (Å²) in [6.07, 6.45) is 3.32. The van der Waals surface area contributed by atoms with E-state index in [9.17, 15) is 0 Å². The third-order valence-electron chi connectivity index (χ3n) is 2.53. The predicted octanol–water partition coefficient (Wildman–Crippen LogP) is 3.76. The van der Waals surface area contributed by atoms with Crippen molar-refractivity contribution in [2.24, 2.45) is 11.7 Å². The molecule has 0 bridgehead atoms. The average Bonchev–Trinajstić information content (AvgIpc) is 2.19. The zero-order valence-electron chi connectivity index (χ0n) is 9.54. The van der Waals surface area contributed by atoms with E-state index in [2.05, 4.69) is 54.0 Å². The zero-order chi connectivity index (χ0) is 11.3. The van der Waals surface area contributed by atoms with Crippen LogP contribution in [0.2, 0.25) is 0 Å². The molecule has 1 aromatic carbocycles. The molecule has 0 heterocycles. The van der Waals surface area contributed by atoms with E-state index < -0.39 is 0 Å². The second-order valence-electron chi connectivity index (χ2n) is 4.56. The van der Waals surface area contributed by atoms with Gasteiger partial charge in [-0.25, -0.2) is 0 Å². The predicted molar refractivity (Wildman–Crippen MR) is 69.9 cm³/mol. The van der Waals surface area contributed by atoms with Gasteiger partial charge in [0.15, 0.2) is 0 Å². The summed E-state index contributed by atoms with van der Waals surface area (Å²) in [5.74, 6) is 0.751. The molecular formula is C13H20BrN. The molecule has 2 N–H and O–H groups in total. The molecule has 1 rings (SSSR count). The summed E-state index contributed by atoms with van der Waals surface area (Å²) >= 11 is 3.43. The quantitative estimate of drug-likeness (QED) is 0.866. The van der Waals surface area contributed by atoms with E-state index in [1.165, 1.54) is 12.0 Å². The van der Waals surface area contributed by atoms with E-state index in [0.717, 1.165) is 23.2 Å². The Morgan fingerprint density at radius 2 is 1.73 bits per heavy atom. The van der Waals surface area contributed by atoms with Crippen LogP contribution in [-0.2, 0) is 6.42 Å². The fourth-order valence-electron chi connectivity index (χ4n) is 1.57. The third kappa shape index (κ3) is 5.33. The second-order valence-corrected chi connectivity index (χ2v) is 5.48. The smallest absolute Gasteiger partial charge is 0.0175 e. The molecule has 84 valence electrons. The largest absolute Gasteiger partial charge is 0.327 e. The normalized spacial score (nSPS) is 13.1. The van der Waals surface area contributed by atoms with Crippen molar-refractivity contribution in [2.75, 3.05) is 0 Å². The van der Waals surface area contributed by atoms with Gasteiger partial charge in [-0.1, -0.05) is 41.9 Å². The Morgan fingerprint density at radius 1 is 1.13 bits per heavy atom.